The number of thiophene rings is 1. The van der Waals surface area contributed by atoms with Gasteiger partial charge in [0.2, 0.25) is 0 Å². The Kier molecular flexibility index (Phi) is 7.13. The highest BCUT2D eigenvalue weighted by molar-refractivity contribution is 7.19. The van der Waals surface area contributed by atoms with Crippen LogP contribution in [-0.2, 0) is 27.9 Å². The molecular formula is C35H45NO4S. The maximum Gasteiger partial charge on any atom is 0.165 e. The molecule has 5 nitrogen and oxygen atoms in total. The number of likely N-dealkylation sites (tertiary alicyclic amines) is 1. The van der Waals surface area contributed by atoms with Crippen LogP contribution >= 0.6 is 11.3 Å². The summed E-state index contributed by atoms with van der Waals surface area (Å²) >= 11 is 1.82. The Morgan fingerprint density at radius 3 is 2.73 bits per heavy atom. The molecule has 7 rings (SSSR count). The van der Waals surface area contributed by atoms with E-state index in [9.17, 15) is 0 Å². The highest BCUT2D eigenvalue weighted by atomic mass is 32.1. The van der Waals surface area contributed by atoms with E-state index < -0.39 is 5.60 Å². The van der Waals surface area contributed by atoms with Crippen LogP contribution < -0.4 is 9.47 Å². The molecule has 2 bridgehead atoms. The van der Waals surface area contributed by atoms with Crippen molar-refractivity contribution in [2.24, 2.45) is 17.8 Å². The molecule has 0 N–H and O–H groups in total. The van der Waals surface area contributed by atoms with Crippen molar-refractivity contribution in [2.45, 2.75) is 82.6 Å². The lowest BCUT2D eigenvalue weighted by molar-refractivity contribution is -0.174. The van der Waals surface area contributed by atoms with Crippen LogP contribution in [0.25, 0.3) is 10.1 Å². The van der Waals surface area contributed by atoms with Crippen molar-refractivity contribution in [3.63, 3.8) is 0 Å². The monoisotopic (exact) mass is 575 g/mol. The van der Waals surface area contributed by atoms with E-state index in [2.05, 4.69) is 68.1 Å². The van der Waals surface area contributed by atoms with Crippen LogP contribution in [0.3, 0.4) is 0 Å². The van der Waals surface area contributed by atoms with E-state index in [4.69, 9.17) is 18.9 Å². The molecule has 41 heavy (non-hydrogen) atoms. The van der Waals surface area contributed by atoms with Gasteiger partial charge in [0.05, 0.1) is 20.3 Å². The Hall–Kier alpha value is -2.12. The van der Waals surface area contributed by atoms with Gasteiger partial charge in [-0.2, -0.15) is 0 Å². The molecule has 1 spiro atoms. The van der Waals surface area contributed by atoms with E-state index in [0.717, 1.165) is 43.2 Å². The van der Waals surface area contributed by atoms with Crippen LogP contribution in [0.15, 0.2) is 42.5 Å². The van der Waals surface area contributed by atoms with Gasteiger partial charge in [0, 0.05) is 46.2 Å². The highest BCUT2D eigenvalue weighted by Gasteiger charge is 2.67. The standard InChI is InChI=1S/C35H45NO4S/c1-6-35(38-5,22(2)20-39-21-27-17-25-9-7-8-10-30(25)41-27)33-34-15-16-36(19-24-11-12-24)28(23(34)3)18-26-13-14-29(37-4)32(40-33)31(26)34/h7-10,13-14,17,22-24,28,33H,6,11-12,15-16,18-21H2,1-5H3. The Morgan fingerprint density at radius 2 is 2.00 bits per heavy atom. The van der Waals surface area contributed by atoms with Gasteiger partial charge in [0.15, 0.2) is 11.5 Å². The van der Waals surface area contributed by atoms with Gasteiger partial charge in [-0.1, -0.05) is 45.0 Å². The van der Waals surface area contributed by atoms with Gasteiger partial charge in [-0.15, -0.1) is 11.3 Å². The van der Waals surface area contributed by atoms with Crippen molar-refractivity contribution in [1.82, 2.24) is 4.90 Å². The number of hydrogen-bond acceptors (Lipinski definition) is 6. The number of hydrogen-bond donors (Lipinski definition) is 0. The summed E-state index contributed by atoms with van der Waals surface area (Å²) in [6, 6.07) is 15.8. The van der Waals surface area contributed by atoms with Crippen LogP contribution in [0.4, 0.5) is 0 Å². The van der Waals surface area contributed by atoms with E-state index >= 15 is 0 Å². The third-order valence-corrected chi connectivity index (χ3v) is 12.3. The third-order valence-electron chi connectivity index (χ3n) is 11.2. The first kappa shape index (κ1) is 27.7. The normalized spacial score (nSPS) is 29.1. The smallest absolute Gasteiger partial charge is 0.165 e. The van der Waals surface area contributed by atoms with Crippen LogP contribution in [0, 0.1) is 17.8 Å². The lowest BCUT2D eigenvalue weighted by atomic mass is 9.53. The highest BCUT2D eigenvalue weighted by Crippen LogP contribution is 2.63. The van der Waals surface area contributed by atoms with Crippen molar-refractivity contribution in [1.29, 1.82) is 0 Å². The molecule has 3 heterocycles. The SMILES string of the molecule is CCC(OC)(C(C)COCc1cc2ccccc2s1)C1Oc2c(OC)ccc3c2C12CCN(CC1CC1)C(C3)C2C. The summed E-state index contributed by atoms with van der Waals surface area (Å²) in [5, 5.41) is 1.29. The minimum atomic E-state index is -0.490. The molecule has 1 saturated carbocycles. The molecule has 2 aliphatic heterocycles. The maximum atomic E-state index is 7.18. The Labute approximate surface area is 249 Å². The summed E-state index contributed by atoms with van der Waals surface area (Å²) in [6.07, 6.45) is 5.74. The zero-order valence-electron chi connectivity index (χ0n) is 25.3. The zero-order valence-corrected chi connectivity index (χ0v) is 26.1. The molecule has 2 fully saturated rings. The number of fused-ring (bicyclic) bond motifs is 2. The average molecular weight is 576 g/mol. The lowest BCUT2D eigenvalue weighted by Crippen LogP contribution is -2.68. The summed E-state index contributed by atoms with van der Waals surface area (Å²) in [5.74, 6) is 3.32. The Bertz CT molecular complexity index is 1380. The van der Waals surface area contributed by atoms with Gasteiger partial charge in [0.25, 0.3) is 0 Å². The molecule has 6 heteroatoms. The van der Waals surface area contributed by atoms with Gasteiger partial charge < -0.3 is 18.9 Å². The molecule has 2 aromatic carbocycles. The summed E-state index contributed by atoms with van der Waals surface area (Å²) in [6.45, 7) is 10.7. The first-order valence-electron chi connectivity index (χ1n) is 15.7. The molecule has 0 radical (unpaired) electrons. The van der Waals surface area contributed by atoms with Gasteiger partial charge in [-0.25, -0.2) is 0 Å². The van der Waals surface area contributed by atoms with E-state index in [1.165, 1.54) is 45.5 Å². The van der Waals surface area contributed by atoms with Crippen LogP contribution in [0.1, 0.15) is 62.5 Å². The largest absolute Gasteiger partial charge is 0.493 e. The molecular weight excluding hydrogens is 530 g/mol. The topological polar surface area (TPSA) is 40.2 Å². The number of rotatable bonds is 11. The first-order valence-corrected chi connectivity index (χ1v) is 16.5. The van der Waals surface area contributed by atoms with Crippen LogP contribution in [0.2, 0.25) is 0 Å². The second kappa shape index (κ2) is 10.6. The second-order valence-corrected chi connectivity index (χ2v) is 14.3. The van der Waals surface area contributed by atoms with Crippen LogP contribution in [0.5, 0.6) is 11.5 Å². The second-order valence-electron chi connectivity index (χ2n) is 13.1. The predicted octanol–water partition coefficient (Wildman–Crippen LogP) is 7.23. The van der Waals surface area contributed by atoms with E-state index in [1.807, 2.05) is 18.4 Å². The van der Waals surface area contributed by atoms with E-state index in [0.29, 0.717) is 25.2 Å². The average Bonchev–Trinajstić information content (AvgIpc) is 3.60. The molecule has 1 saturated heterocycles. The van der Waals surface area contributed by atoms with E-state index in [-0.39, 0.29) is 17.4 Å². The molecule has 3 aromatic rings. The minimum absolute atomic E-state index is 0.0983. The fourth-order valence-electron chi connectivity index (χ4n) is 8.78. The lowest BCUT2D eigenvalue weighted by Gasteiger charge is -2.58. The maximum absolute atomic E-state index is 7.18. The van der Waals surface area contributed by atoms with Gasteiger partial charge >= 0.3 is 0 Å². The Morgan fingerprint density at radius 1 is 1.17 bits per heavy atom. The van der Waals surface area contributed by atoms with Gasteiger partial charge in [-0.05, 0) is 79.6 Å². The van der Waals surface area contributed by atoms with Crippen molar-refractivity contribution in [2.75, 3.05) is 33.9 Å². The fraction of sp³-hybridized carbons (Fsp3) is 0.600. The summed E-state index contributed by atoms with van der Waals surface area (Å²) < 4.78 is 27.5. The van der Waals surface area contributed by atoms with Crippen molar-refractivity contribution in [3.8, 4) is 11.5 Å². The molecule has 2 aliphatic carbocycles. The minimum Gasteiger partial charge on any atom is -0.493 e. The first-order chi connectivity index (χ1) is 19.9. The predicted molar refractivity (Wildman–Crippen MR) is 165 cm³/mol. The fourth-order valence-corrected chi connectivity index (χ4v) is 9.78. The number of methoxy groups -OCH3 is 2. The molecule has 6 unspecified atom stereocenters. The van der Waals surface area contributed by atoms with Crippen molar-refractivity contribution >= 4 is 21.4 Å². The number of piperidine rings is 1. The van der Waals surface area contributed by atoms with E-state index in [1.54, 1.807) is 7.11 Å². The Balaban J connectivity index is 1.20. The molecule has 4 aliphatic rings. The summed E-state index contributed by atoms with van der Waals surface area (Å²) in [5.41, 5.74) is 2.26. The third kappa shape index (κ3) is 4.27. The number of ether oxygens (including phenoxy) is 4. The summed E-state index contributed by atoms with van der Waals surface area (Å²) in [4.78, 5) is 4.08. The van der Waals surface area contributed by atoms with Gasteiger partial charge in [-0.3, -0.25) is 4.90 Å². The zero-order chi connectivity index (χ0) is 28.4. The molecule has 0 amide bonds. The molecule has 6 atom stereocenters. The molecule has 1 aromatic heterocycles. The van der Waals surface area contributed by atoms with Crippen LogP contribution in [-0.4, -0.2) is 56.6 Å². The van der Waals surface area contributed by atoms with Crippen molar-refractivity contribution < 1.29 is 18.9 Å². The quantitative estimate of drug-likeness (QED) is 0.241. The van der Waals surface area contributed by atoms with Gasteiger partial charge in [0.1, 0.15) is 11.7 Å². The summed E-state index contributed by atoms with van der Waals surface area (Å²) in [7, 11) is 3.66. The van der Waals surface area contributed by atoms with Crippen molar-refractivity contribution in [3.05, 3.63) is 58.5 Å². The number of benzene rings is 2. The molecule has 220 valence electrons. The number of nitrogens with zero attached hydrogens (tertiary/aromatic N) is 1.